The molecule has 30 heavy (non-hydrogen) atoms. The zero-order valence-corrected chi connectivity index (χ0v) is 18.5. The molecule has 0 bridgehead atoms. The van der Waals surface area contributed by atoms with Gasteiger partial charge < -0.3 is 20.0 Å². The van der Waals surface area contributed by atoms with Crippen LogP contribution in [0.15, 0.2) is 34.6 Å². The van der Waals surface area contributed by atoms with Crippen molar-refractivity contribution in [1.82, 2.24) is 15.2 Å². The van der Waals surface area contributed by atoms with Gasteiger partial charge in [-0.25, -0.2) is 9.37 Å². The Morgan fingerprint density at radius 2 is 1.87 bits per heavy atom. The van der Waals surface area contributed by atoms with Gasteiger partial charge in [-0.05, 0) is 31.9 Å². The number of aliphatic imine (C=N–C) groups is 1. The van der Waals surface area contributed by atoms with E-state index in [4.69, 9.17) is 9.98 Å². The quantitative estimate of drug-likeness (QED) is 0.563. The molecule has 1 N–H and O–H groups in total. The first-order valence-electron chi connectivity index (χ1n) is 11.0. The Morgan fingerprint density at radius 1 is 1.10 bits per heavy atom. The van der Waals surface area contributed by atoms with Crippen LogP contribution in [0.25, 0.3) is 0 Å². The molecule has 2 saturated heterocycles. The van der Waals surface area contributed by atoms with Gasteiger partial charge in [0, 0.05) is 64.2 Å². The maximum Gasteiger partial charge on any atom is 0.194 e. The number of nitrogens with zero attached hydrogens (tertiary/aromatic N) is 5. The van der Waals surface area contributed by atoms with Gasteiger partial charge in [0.25, 0.3) is 0 Å². The van der Waals surface area contributed by atoms with Gasteiger partial charge in [0.15, 0.2) is 11.1 Å². The lowest BCUT2D eigenvalue weighted by Crippen LogP contribution is -2.52. The normalized spacial score (nSPS) is 17.7. The van der Waals surface area contributed by atoms with Crippen molar-refractivity contribution in [3.63, 3.8) is 0 Å². The second-order valence-corrected chi connectivity index (χ2v) is 8.56. The first-order chi connectivity index (χ1) is 14.7. The molecule has 6 nitrogen and oxygen atoms in total. The molecule has 1 aromatic carbocycles. The number of benzene rings is 1. The largest absolute Gasteiger partial charge is 0.366 e. The van der Waals surface area contributed by atoms with Crippen molar-refractivity contribution < 1.29 is 4.39 Å². The Balaban J connectivity index is 1.31. The molecule has 1 aromatic heterocycles. The number of thiazole rings is 1. The van der Waals surface area contributed by atoms with Crippen LogP contribution in [0.4, 0.5) is 15.2 Å². The Kier molecular flexibility index (Phi) is 7.04. The van der Waals surface area contributed by atoms with Crippen LogP contribution in [0.1, 0.15) is 25.5 Å². The zero-order chi connectivity index (χ0) is 20.8. The Bertz CT molecular complexity index is 840. The molecule has 0 unspecified atom stereocenters. The molecule has 3 heterocycles. The van der Waals surface area contributed by atoms with Crippen LogP contribution in [0.3, 0.4) is 0 Å². The molecule has 0 amide bonds. The maximum atomic E-state index is 14.1. The lowest BCUT2D eigenvalue weighted by molar-refractivity contribution is 0.371. The number of anilines is 2. The number of para-hydroxylation sites is 1. The number of halogens is 1. The fourth-order valence-corrected chi connectivity index (χ4v) is 4.95. The first kappa shape index (κ1) is 20.9. The molecule has 0 radical (unpaired) electrons. The van der Waals surface area contributed by atoms with E-state index in [-0.39, 0.29) is 5.82 Å². The first-order valence-corrected chi connectivity index (χ1v) is 11.8. The van der Waals surface area contributed by atoms with Crippen LogP contribution < -0.4 is 15.1 Å². The summed E-state index contributed by atoms with van der Waals surface area (Å²) >= 11 is 1.75. The van der Waals surface area contributed by atoms with Gasteiger partial charge in [-0.15, -0.1) is 11.3 Å². The van der Waals surface area contributed by atoms with E-state index in [1.165, 1.54) is 18.9 Å². The van der Waals surface area contributed by atoms with E-state index in [2.05, 4.69) is 32.3 Å². The highest BCUT2D eigenvalue weighted by Gasteiger charge is 2.21. The summed E-state index contributed by atoms with van der Waals surface area (Å²) in [5.74, 6) is 0.795. The number of nitrogens with one attached hydrogen (secondary N) is 1. The average molecular weight is 431 g/mol. The number of hydrogen-bond donors (Lipinski definition) is 1. The fraction of sp³-hybridized carbons (Fsp3) is 0.545. The summed E-state index contributed by atoms with van der Waals surface area (Å²) in [5.41, 5.74) is 1.82. The van der Waals surface area contributed by atoms with Crippen LogP contribution in [0.5, 0.6) is 0 Å². The molecule has 0 spiro atoms. The monoisotopic (exact) mass is 430 g/mol. The number of hydrogen-bond acceptors (Lipinski definition) is 5. The van der Waals surface area contributed by atoms with Gasteiger partial charge in [-0.1, -0.05) is 12.1 Å². The lowest BCUT2D eigenvalue weighted by atomic mass is 10.2. The summed E-state index contributed by atoms with van der Waals surface area (Å²) in [6, 6.07) is 7.01. The second-order valence-electron chi connectivity index (χ2n) is 7.73. The topological polar surface area (TPSA) is 47.0 Å². The van der Waals surface area contributed by atoms with Gasteiger partial charge in [0.05, 0.1) is 11.4 Å². The van der Waals surface area contributed by atoms with Crippen molar-refractivity contribution >= 4 is 28.1 Å². The van der Waals surface area contributed by atoms with Crippen LogP contribution in [-0.2, 0) is 6.42 Å². The third-order valence-corrected chi connectivity index (χ3v) is 6.60. The van der Waals surface area contributed by atoms with E-state index >= 15 is 0 Å². The minimum absolute atomic E-state index is 0.150. The molecule has 0 atom stereocenters. The molecule has 2 aliphatic heterocycles. The Labute approximate surface area is 182 Å². The number of rotatable bonds is 6. The maximum absolute atomic E-state index is 14.1. The highest BCUT2D eigenvalue weighted by atomic mass is 32.1. The van der Waals surface area contributed by atoms with E-state index in [1.54, 1.807) is 17.4 Å². The molecule has 0 aliphatic carbocycles. The van der Waals surface area contributed by atoms with Crippen molar-refractivity contribution in [2.45, 2.75) is 26.2 Å². The molecular weight excluding hydrogens is 399 g/mol. The predicted octanol–water partition coefficient (Wildman–Crippen LogP) is 3.21. The molecular formula is C22H31FN6S. The third kappa shape index (κ3) is 5.03. The predicted molar refractivity (Wildman–Crippen MR) is 123 cm³/mol. The molecule has 2 fully saturated rings. The summed E-state index contributed by atoms with van der Waals surface area (Å²) in [7, 11) is 0. The van der Waals surface area contributed by atoms with Crippen molar-refractivity contribution in [2.75, 3.05) is 62.2 Å². The highest BCUT2D eigenvalue weighted by Crippen LogP contribution is 2.24. The smallest absolute Gasteiger partial charge is 0.194 e. The van der Waals surface area contributed by atoms with Gasteiger partial charge >= 0.3 is 0 Å². The molecule has 8 heteroatoms. The molecule has 0 saturated carbocycles. The Hall–Kier alpha value is -2.35. The number of guanidine groups is 1. The molecule has 2 aromatic rings. The van der Waals surface area contributed by atoms with E-state index in [9.17, 15) is 4.39 Å². The minimum atomic E-state index is -0.150. The highest BCUT2D eigenvalue weighted by molar-refractivity contribution is 7.13. The van der Waals surface area contributed by atoms with Crippen molar-refractivity contribution in [2.24, 2.45) is 4.99 Å². The van der Waals surface area contributed by atoms with E-state index < -0.39 is 0 Å². The SMILES string of the molecule is CCNC(=NCCc1csc(N2CCCC2)n1)N1CCN(c2ccccc2F)CC1. The second kappa shape index (κ2) is 10.1. The standard InChI is InChI=1S/C22H31FN6S/c1-2-24-21(25-10-9-18-17-30-22(26-18)29-11-5-6-12-29)28-15-13-27(14-16-28)20-8-4-3-7-19(20)23/h3-4,7-8,17H,2,5-6,9-16H2,1H3,(H,24,25). The van der Waals surface area contributed by atoms with Crippen LogP contribution in [0, 0.1) is 5.82 Å². The summed E-state index contributed by atoms with van der Waals surface area (Å²) in [5, 5.41) is 6.74. The fourth-order valence-electron chi connectivity index (χ4n) is 4.03. The van der Waals surface area contributed by atoms with Gasteiger partial charge in [0.2, 0.25) is 0 Å². The summed E-state index contributed by atoms with van der Waals surface area (Å²) < 4.78 is 14.1. The molecule has 4 rings (SSSR count). The molecule has 162 valence electrons. The zero-order valence-electron chi connectivity index (χ0n) is 17.7. The van der Waals surface area contributed by atoms with Crippen molar-refractivity contribution in [3.05, 3.63) is 41.2 Å². The lowest BCUT2D eigenvalue weighted by Gasteiger charge is -2.37. The summed E-state index contributed by atoms with van der Waals surface area (Å²) in [6.07, 6.45) is 3.40. The van der Waals surface area contributed by atoms with E-state index in [1.807, 2.05) is 12.1 Å². The van der Waals surface area contributed by atoms with Crippen molar-refractivity contribution in [1.29, 1.82) is 0 Å². The van der Waals surface area contributed by atoms with E-state index in [0.717, 1.165) is 75.6 Å². The summed E-state index contributed by atoms with van der Waals surface area (Å²) in [4.78, 5) is 16.4. The molecule has 2 aliphatic rings. The van der Waals surface area contributed by atoms with Crippen LogP contribution >= 0.6 is 11.3 Å². The Morgan fingerprint density at radius 3 is 2.60 bits per heavy atom. The number of aromatic nitrogens is 1. The average Bonchev–Trinajstić information content (AvgIpc) is 3.46. The van der Waals surface area contributed by atoms with Crippen LogP contribution in [0.2, 0.25) is 0 Å². The third-order valence-electron chi connectivity index (χ3n) is 5.65. The van der Waals surface area contributed by atoms with E-state index in [0.29, 0.717) is 5.69 Å². The number of piperazine rings is 1. The summed E-state index contributed by atoms with van der Waals surface area (Å²) in [6.45, 7) is 9.15. The minimum Gasteiger partial charge on any atom is -0.366 e. The van der Waals surface area contributed by atoms with Gasteiger partial charge in [-0.3, -0.25) is 4.99 Å². The van der Waals surface area contributed by atoms with Crippen molar-refractivity contribution in [3.8, 4) is 0 Å². The van der Waals surface area contributed by atoms with Crippen LogP contribution in [-0.4, -0.2) is 68.2 Å². The van der Waals surface area contributed by atoms with Gasteiger partial charge in [0.1, 0.15) is 5.82 Å². The van der Waals surface area contributed by atoms with Gasteiger partial charge in [-0.2, -0.15) is 0 Å².